The van der Waals surface area contributed by atoms with E-state index in [1.54, 1.807) is 18.2 Å². The molecule has 1 aliphatic heterocycles. The number of esters is 1. The van der Waals surface area contributed by atoms with Crippen molar-refractivity contribution >= 4 is 29.0 Å². The fourth-order valence-corrected chi connectivity index (χ4v) is 4.24. The zero-order valence-corrected chi connectivity index (χ0v) is 18.4. The number of amides is 2. The van der Waals surface area contributed by atoms with Crippen LogP contribution in [0, 0.1) is 0 Å². The Kier molecular flexibility index (Phi) is 7.73. The standard InChI is InChI=1S/C20H24N2O10S/c1-29-11-5-8(13-6-9(22-20(21)28)17(33-13)18(27)30-2)3-4-10(11)31-19-16(26)15(25)14(24)12(7-23)32-19/h3-6,12,14-16,19,23-26H,7H2,1-2H3,(H3,21,22,28). The minimum atomic E-state index is -1.59. The number of rotatable bonds is 7. The van der Waals surface area contributed by atoms with Gasteiger partial charge < -0.3 is 50.4 Å². The zero-order chi connectivity index (χ0) is 24.3. The number of urea groups is 1. The molecule has 180 valence electrons. The lowest BCUT2D eigenvalue weighted by molar-refractivity contribution is -0.277. The fourth-order valence-electron chi connectivity index (χ4n) is 3.21. The van der Waals surface area contributed by atoms with E-state index in [-0.39, 0.29) is 22.1 Å². The minimum Gasteiger partial charge on any atom is -0.493 e. The van der Waals surface area contributed by atoms with Crippen molar-refractivity contribution in [1.82, 2.24) is 0 Å². The highest BCUT2D eigenvalue weighted by Crippen LogP contribution is 2.40. The van der Waals surface area contributed by atoms with Crippen molar-refractivity contribution in [3.8, 4) is 21.9 Å². The highest BCUT2D eigenvalue weighted by Gasteiger charge is 2.45. The Bertz CT molecular complexity index is 1010. The second-order valence-electron chi connectivity index (χ2n) is 7.02. The SMILES string of the molecule is COC(=O)c1sc(-c2ccc(OC3OC(CO)C(O)C(O)C3O)c(OC)c2)cc1NC(N)=O. The van der Waals surface area contributed by atoms with Crippen LogP contribution in [0.2, 0.25) is 0 Å². The summed E-state index contributed by atoms with van der Waals surface area (Å²) >= 11 is 1.06. The molecule has 0 spiro atoms. The van der Waals surface area contributed by atoms with E-state index in [1.165, 1.54) is 20.3 Å². The number of methoxy groups -OCH3 is 2. The number of ether oxygens (including phenoxy) is 4. The summed E-state index contributed by atoms with van der Waals surface area (Å²) in [5, 5.41) is 41.7. The molecule has 2 aromatic rings. The smallest absolute Gasteiger partial charge is 0.350 e. The van der Waals surface area contributed by atoms with E-state index in [0.717, 1.165) is 11.3 Å². The number of aliphatic hydroxyl groups excluding tert-OH is 4. The van der Waals surface area contributed by atoms with Crippen molar-refractivity contribution in [2.24, 2.45) is 5.73 Å². The van der Waals surface area contributed by atoms with Crippen molar-refractivity contribution < 1.29 is 49.0 Å². The lowest BCUT2D eigenvalue weighted by atomic mass is 9.99. The van der Waals surface area contributed by atoms with E-state index in [4.69, 9.17) is 24.7 Å². The van der Waals surface area contributed by atoms with E-state index in [0.29, 0.717) is 10.4 Å². The summed E-state index contributed by atoms with van der Waals surface area (Å²) in [6, 6.07) is 5.43. The van der Waals surface area contributed by atoms with Crippen molar-refractivity contribution in [3.63, 3.8) is 0 Å². The van der Waals surface area contributed by atoms with Gasteiger partial charge in [0, 0.05) is 4.88 Å². The summed E-state index contributed by atoms with van der Waals surface area (Å²) in [4.78, 5) is 24.0. The van der Waals surface area contributed by atoms with E-state index < -0.39 is 49.3 Å². The van der Waals surface area contributed by atoms with Gasteiger partial charge in [-0.3, -0.25) is 0 Å². The van der Waals surface area contributed by atoms with Crippen LogP contribution in [0.25, 0.3) is 10.4 Å². The summed E-state index contributed by atoms with van der Waals surface area (Å²) in [7, 11) is 2.59. The van der Waals surface area contributed by atoms with Gasteiger partial charge >= 0.3 is 12.0 Å². The number of carbonyl (C=O) groups excluding carboxylic acids is 2. The first kappa shape index (κ1) is 24.7. The van der Waals surface area contributed by atoms with Gasteiger partial charge in [-0.25, -0.2) is 9.59 Å². The molecular formula is C20H24N2O10S. The van der Waals surface area contributed by atoms with Gasteiger partial charge in [0.2, 0.25) is 6.29 Å². The summed E-state index contributed by atoms with van der Waals surface area (Å²) in [5.74, 6) is -0.280. The van der Waals surface area contributed by atoms with Gasteiger partial charge in [-0.15, -0.1) is 11.3 Å². The third-order valence-electron chi connectivity index (χ3n) is 4.90. The normalized spacial score (nSPS) is 24.7. The Hall–Kier alpha value is -2.94. The maximum atomic E-state index is 12.0. The number of carbonyl (C=O) groups is 2. The van der Waals surface area contributed by atoms with Gasteiger partial charge in [0.15, 0.2) is 11.5 Å². The number of nitrogens with one attached hydrogen (secondary N) is 1. The highest BCUT2D eigenvalue weighted by molar-refractivity contribution is 7.18. The molecule has 1 fully saturated rings. The molecule has 1 aromatic carbocycles. The van der Waals surface area contributed by atoms with E-state index in [9.17, 15) is 30.0 Å². The predicted octanol–water partition coefficient (Wildman–Crippen LogP) is -0.120. The second kappa shape index (κ2) is 10.3. The Morgan fingerprint density at radius 3 is 2.45 bits per heavy atom. The lowest BCUT2D eigenvalue weighted by Gasteiger charge is -2.39. The zero-order valence-electron chi connectivity index (χ0n) is 17.6. The van der Waals surface area contributed by atoms with Crippen LogP contribution in [-0.2, 0) is 9.47 Å². The third-order valence-corrected chi connectivity index (χ3v) is 6.06. The number of hydrogen-bond acceptors (Lipinski definition) is 11. The molecule has 7 N–H and O–H groups in total. The molecule has 0 radical (unpaired) electrons. The Labute approximate surface area is 192 Å². The van der Waals surface area contributed by atoms with Crippen LogP contribution < -0.4 is 20.5 Å². The number of aliphatic hydroxyl groups is 4. The summed E-state index contributed by atoms with van der Waals surface area (Å²) in [5.41, 5.74) is 5.96. The third kappa shape index (κ3) is 5.19. The number of hydrogen-bond donors (Lipinski definition) is 6. The van der Waals surface area contributed by atoms with Crippen molar-refractivity contribution in [2.45, 2.75) is 30.7 Å². The summed E-state index contributed by atoms with van der Waals surface area (Å²) in [6.45, 7) is -0.594. The molecule has 0 aliphatic carbocycles. The highest BCUT2D eigenvalue weighted by atomic mass is 32.1. The predicted molar refractivity (Wildman–Crippen MR) is 115 cm³/mol. The Balaban J connectivity index is 1.89. The maximum Gasteiger partial charge on any atom is 0.350 e. The second-order valence-corrected chi connectivity index (χ2v) is 8.07. The first-order valence-electron chi connectivity index (χ1n) is 9.64. The van der Waals surface area contributed by atoms with Crippen LogP contribution in [0.1, 0.15) is 9.67 Å². The number of thiophene rings is 1. The number of benzene rings is 1. The van der Waals surface area contributed by atoms with Gasteiger partial charge in [0.25, 0.3) is 0 Å². The van der Waals surface area contributed by atoms with Crippen LogP contribution in [0.5, 0.6) is 11.5 Å². The van der Waals surface area contributed by atoms with Crippen molar-refractivity contribution in [3.05, 3.63) is 29.1 Å². The summed E-state index contributed by atoms with van der Waals surface area (Å²) in [6.07, 6.45) is -7.21. The van der Waals surface area contributed by atoms with Crippen molar-refractivity contribution in [1.29, 1.82) is 0 Å². The number of anilines is 1. The molecule has 5 atom stereocenters. The van der Waals surface area contributed by atoms with E-state index in [2.05, 4.69) is 5.32 Å². The molecule has 1 aliphatic rings. The average molecular weight is 484 g/mol. The first-order chi connectivity index (χ1) is 15.7. The molecule has 2 amide bonds. The van der Waals surface area contributed by atoms with Crippen molar-refractivity contribution in [2.75, 3.05) is 26.1 Å². The van der Waals surface area contributed by atoms with Gasteiger partial charge in [-0.2, -0.15) is 0 Å². The van der Waals surface area contributed by atoms with Gasteiger partial charge in [-0.1, -0.05) is 0 Å². The van der Waals surface area contributed by atoms with Crippen LogP contribution in [0.3, 0.4) is 0 Å². The molecule has 0 bridgehead atoms. The number of nitrogens with two attached hydrogens (primary N) is 1. The largest absolute Gasteiger partial charge is 0.493 e. The molecular weight excluding hydrogens is 460 g/mol. The van der Waals surface area contributed by atoms with Crippen LogP contribution in [0.4, 0.5) is 10.5 Å². The Morgan fingerprint density at radius 1 is 1.12 bits per heavy atom. The monoisotopic (exact) mass is 484 g/mol. The van der Waals surface area contributed by atoms with Crippen LogP contribution in [0.15, 0.2) is 24.3 Å². The minimum absolute atomic E-state index is 0.144. The molecule has 5 unspecified atom stereocenters. The average Bonchev–Trinajstić information content (AvgIpc) is 3.22. The molecule has 33 heavy (non-hydrogen) atoms. The molecule has 3 rings (SSSR count). The quantitative estimate of drug-likeness (QED) is 0.289. The van der Waals surface area contributed by atoms with Crippen LogP contribution >= 0.6 is 11.3 Å². The Morgan fingerprint density at radius 2 is 1.85 bits per heavy atom. The van der Waals surface area contributed by atoms with E-state index >= 15 is 0 Å². The van der Waals surface area contributed by atoms with E-state index in [1.807, 2.05) is 0 Å². The van der Waals surface area contributed by atoms with Gasteiger partial charge in [-0.05, 0) is 29.8 Å². The van der Waals surface area contributed by atoms with Crippen LogP contribution in [-0.4, -0.2) is 84.0 Å². The summed E-state index contributed by atoms with van der Waals surface area (Å²) < 4.78 is 21.1. The lowest BCUT2D eigenvalue weighted by Crippen LogP contribution is -2.60. The fraction of sp³-hybridized carbons (Fsp3) is 0.400. The number of primary amides is 1. The molecule has 12 nitrogen and oxygen atoms in total. The molecule has 0 saturated carbocycles. The topological polar surface area (TPSA) is 190 Å². The first-order valence-corrected chi connectivity index (χ1v) is 10.5. The molecule has 1 saturated heterocycles. The molecule has 1 aromatic heterocycles. The maximum absolute atomic E-state index is 12.0. The van der Waals surface area contributed by atoms with Gasteiger partial charge in [0.1, 0.15) is 29.3 Å². The molecule has 13 heteroatoms. The van der Waals surface area contributed by atoms with Gasteiger partial charge in [0.05, 0.1) is 26.5 Å². The molecule has 2 heterocycles.